The van der Waals surface area contributed by atoms with Gasteiger partial charge in [-0.3, -0.25) is 9.78 Å². The molecule has 0 radical (unpaired) electrons. The second-order valence-corrected chi connectivity index (χ2v) is 4.64. The maximum atomic E-state index is 12.1. The van der Waals surface area contributed by atoms with Crippen LogP contribution < -0.4 is 11.5 Å². The Morgan fingerprint density at radius 2 is 2.18 bits per heavy atom. The van der Waals surface area contributed by atoms with Gasteiger partial charge in [0.2, 0.25) is 0 Å². The van der Waals surface area contributed by atoms with Crippen LogP contribution in [0.3, 0.4) is 0 Å². The molecule has 1 heterocycles. The number of nitrogens with one attached hydrogen (secondary N) is 1. The van der Waals surface area contributed by atoms with Crippen LogP contribution in [0.2, 0.25) is 0 Å². The Kier molecular flexibility index (Phi) is 2.63. The molecule has 1 aromatic carbocycles. The summed E-state index contributed by atoms with van der Waals surface area (Å²) in [6.45, 7) is 3.83. The molecule has 17 heavy (non-hydrogen) atoms. The Labute approximate surface area is 97.6 Å². The first-order chi connectivity index (χ1) is 7.94. The van der Waals surface area contributed by atoms with Gasteiger partial charge in [-0.15, -0.1) is 0 Å². The number of carbonyl (C=O) groups excluding carboxylic acids is 1. The summed E-state index contributed by atoms with van der Waals surface area (Å²) in [7, 11) is 0. The van der Waals surface area contributed by atoms with Crippen molar-refractivity contribution in [3.8, 4) is 0 Å². The number of ketones is 1. The maximum Gasteiger partial charge on any atom is 0.417 e. The highest BCUT2D eigenvalue weighted by atomic mass is 16.4. The van der Waals surface area contributed by atoms with Crippen molar-refractivity contribution in [2.24, 2.45) is 11.1 Å². The number of hydrogen-bond acceptors (Lipinski definition) is 4. The van der Waals surface area contributed by atoms with Crippen LogP contribution in [0.1, 0.15) is 24.2 Å². The number of H-pyrrole nitrogens is 1. The van der Waals surface area contributed by atoms with Crippen LogP contribution in [0.15, 0.2) is 27.4 Å². The molecule has 1 aromatic heterocycles. The Morgan fingerprint density at radius 3 is 2.82 bits per heavy atom. The molecule has 0 saturated carbocycles. The summed E-state index contributed by atoms with van der Waals surface area (Å²) in [5, 5.41) is 0. The number of oxazole rings is 1. The first-order valence-corrected chi connectivity index (χ1v) is 5.32. The highest BCUT2D eigenvalue weighted by Gasteiger charge is 2.27. The van der Waals surface area contributed by atoms with E-state index in [4.69, 9.17) is 10.2 Å². The predicted molar refractivity (Wildman–Crippen MR) is 64.0 cm³/mol. The largest absolute Gasteiger partial charge is 0.417 e. The molecule has 0 atom stereocenters. The molecule has 2 rings (SSSR count). The van der Waals surface area contributed by atoms with Crippen LogP contribution >= 0.6 is 0 Å². The first kappa shape index (κ1) is 11.6. The zero-order chi connectivity index (χ0) is 12.6. The van der Waals surface area contributed by atoms with E-state index in [-0.39, 0.29) is 12.3 Å². The summed E-state index contributed by atoms with van der Waals surface area (Å²) < 4.78 is 4.91. The number of rotatable bonds is 3. The number of hydrogen-bond donors (Lipinski definition) is 2. The third-order valence-corrected chi connectivity index (χ3v) is 2.81. The molecule has 0 aliphatic heterocycles. The summed E-state index contributed by atoms with van der Waals surface area (Å²) in [6, 6.07) is 4.88. The number of aromatic amines is 1. The second kappa shape index (κ2) is 3.85. The van der Waals surface area contributed by atoms with Crippen LogP contribution in [0.4, 0.5) is 0 Å². The van der Waals surface area contributed by atoms with E-state index in [1.807, 2.05) is 0 Å². The zero-order valence-electron chi connectivity index (χ0n) is 9.74. The fraction of sp³-hybridized carbons (Fsp3) is 0.333. The number of nitrogens with two attached hydrogens (primary N) is 1. The molecule has 0 fully saturated rings. The van der Waals surface area contributed by atoms with Crippen LogP contribution in [0, 0.1) is 5.41 Å². The van der Waals surface area contributed by atoms with Crippen molar-refractivity contribution < 1.29 is 9.21 Å². The second-order valence-electron chi connectivity index (χ2n) is 4.64. The van der Waals surface area contributed by atoms with Crippen molar-refractivity contribution >= 4 is 16.9 Å². The van der Waals surface area contributed by atoms with E-state index in [0.717, 1.165) is 0 Å². The summed E-state index contributed by atoms with van der Waals surface area (Å²) >= 11 is 0. The van der Waals surface area contributed by atoms with E-state index in [2.05, 4.69) is 4.98 Å². The highest BCUT2D eigenvalue weighted by Crippen LogP contribution is 2.22. The fourth-order valence-corrected chi connectivity index (χ4v) is 1.57. The molecule has 2 aromatic rings. The van der Waals surface area contributed by atoms with Gasteiger partial charge in [0.05, 0.1) is 5.52 Å². The molecular weight excluding hydrogens is 220 g/mol. The molecule has 0 aliphatic carbocycles. The van der Waals surface area contributed by atoms with Gasteiger partial charge < -0.3 is 10.2 Å². The van der Waals surface area contributed by atoms with E-state index in [1.165, 1.54) is 0 Å². The predicted octanol–water partition coefficient (Wildman–Crippen LogP) is 1.29. The number of fused-ring (bicyclic) bond motifs is 1. The molecule has 90 valence electrons. The van der Waals surface area contributed by atoms with Gasteiger partial charge in [0.15, 0.2) is 11.4 Å². The smallest absolute Gasteiger partial charge is 0.408 e. The van der Waals surface area contributed by atoms with E-state index >= 15 is 0 Å². The molecule has 5 heteroatoms. The zero-order valence-corrected chi connectivity index (χ0v) is 9.74. The van der Waals surface area contributed by atoms with Crippen LogP contribution in [-0.4, -0.2) is 17.3 Å². The lowest BCUT2D eigenvalue weighted by molar-refractivity contribution is 0.0847. The normalized spacial score (nSPS) is 11.9. The number of benzene rings is 1. The van der Waals surface area contributed by atoms with E-state index < -0.39 is 11.2 Å². The molecule has 0 spiro atoms. The fourth-order valence-electron chi connectivity index (χ4n) is 1.57. The van der Waals surface area contributed by atoms with Gasteiger partial charge in [0.25, 0.3) is 0 Å². The van der Waals surface area contributed by atoms with Gasteiger partial charge in [-0.2, -0.15) is 0 Å². The number of carbonyl (C=O) groups is 1. The van der Waals surface area contributed by atoms with Crippen LogP contribution in [0.25, 0.3) is 11.1 Å². The third kappa shape index (κ3) is 2.01. The standard InChI is InChI=1S/C12H14N2O3/c1-12(2,6-13)10(15)7-3-4-8-9(5-7)17-11(16)14-8/h3-5H,6,13H2,1-2H3,(H,14,16). The van der Waals surface area contributed by atoms with Crippen LogP contribution in [0.5, 0.6) is 0 Å². The highest BCUT2D eigenvalue weighted by molar-refractivity contribution is 6.02. The molecular formula is C12H14N2O3. The first-order valence-electron chi connectivity index (χ1n) is 5.32. The summed E-state index contributed by atoms with van der Waals surface area (Å²) in [5.74, 6) is -0.589. The van der Waals surface area contributed by atoms with Crippen LogP contribution in [-0.2, 0) is 0 Å². The van der Waals surface area contributed by atoms with Gasteiger partial charge in [0.1, 0.15) is 0 Å². The Hall–Kier alpha value is -1.88. The van der Waals surface area contributed by atoms with Gasteiger partial charge in [-0.1, -0.05) is 13.8 Å². The van der Waals surface area contributed by atoms with Crippen molar-refractivity contribution in [1.82, 2.24) is 4.98 Å². The van der Waals surface area contributed by atoms with Gasteiger partial charge >= 0.3 is 5.76 Å². The lowest BCUT2D eigenvalue weighted by Crippen LogP contribution is -2.32. The third-order valence-electron chi connectivity index (χ3n) is 2.81. The SMILES string of the molecule is CC(C)(CN)C(=O)c1ccc2[nH]c(=O)oc2c1. The minimum absolute atomic E-state index is 0.0641. The minimum atomic E-state index is -0.621. The van der Waals surface area contributed by atoms with Crippen molar-refractivity contribution in [2.45, 2.75) is 13.8 Å². The van der Waals surface area contributed by atoms with Gasteiger partial charge in [0, 0.05) is 17.5 Å². The van der Waals surface area contributed by atoms with Crippen molar-refractivity contribution in [1.29, 1.82) is 0 Å². The summed E-state index contributed by atoms with van der Waals surface area (Å²) in [6.07, 6.45) is 0. The topological polar surface area (TPSA) is 89.1 Å². The summed E-state index contributed by atoms with van der Waals surface area (Å²) in [4.78, 5) is 25.7. The molecule has 0 aliphatic rings. The molecule has 0 bridgehead atoms. The van der Waals surface area contributed by atoms with E-state index in [0.29, 0.717) is 16.7 Å². The van der Waals surface area contributed by atoms with Gasteiger partial charge in [-0.25, -0.2) is 4.79 Å². The maximum absolute atomic E-state index is 12.1. The average Bonchev–Trinajstić information content (AvgIpc) is 2.66. The summed E-state index contributed by atoms with van der Waals surface area (Å²) in [5.41, 5.74) is 6.40. The number of Topliss-reactive ketones (excluding diaryl/α,β-unsaturated/α-hetero) is 1. The molecule has 3 N–H and O–H groups in total. The van der Waals surface area contributed by atoms with E-state index in [1.54, 1.807) is 32.0 Å². The average molecular weight is 234 g/mol. The molecule has 0 unspecified atom stereocenters. The molecule has 0 saturated heterocycles. The Balaban J connectivity index is 2.49. The van der Waals surface area contributed by atoms with Crippen molar-refractivity contribution in [3.05, 3.63) is 34.3 Å². The monoisotopic (exact) mass is 234 g/mol. The Morgan fingerprint density at radius 1 is 1.47 bits per heavy atom. The van der Waals surface area contributed by atoms with E-state index in [9.17, 15) is 9.59 Å². The lowest BCUT2D eigenvalue weighted by Gasteiger charge is -2.20. The molecule has 0 amide bonds. The minimum Gasteiger partial charge on any atom is -0.408 e. The lowest BCUT2D eigenvalue weighted by atomic mass is 9.84. The van der Waals surface area contributed by atoms with Gasteiger partial charge in [-0.05, 0) is 18.2 Å². The van der Waals surface area contributed by atoms with Crippen molar-refractivity contribution in [2.75, 3.05) is 6.54 Å². The molecule has 5 nitrogen and oxygen atoms in total. The quantitative estimate of drug-likeness (QED) is 0.783. The Bertz CT molecular complexity index is 622. The van der Waals surface area contributed by atoms with Crippen molar-refractivity contribution in [3.63, 3.8) is 0 Å². The number of aromatic nitrogens is 1.